The van der Waals surface area contributed by atoms with Crippen molar-refractivity contribution in [1.29, 1.82) is 0 Å². The van der Waals surface area contributed by atoms with Gasteiger partial charge in [-0.05, 0) is 29.9 Å². The third-order valence-corrected chi connectivity index (χ3v) is 6.60. The molecule has 170 valence electrons. The molecular formula is C26H32N2O4. The van der Waals surface area contributed by atoms with Crippen LogP contribution in [0.25, 0.3) is 0 Å². The summed E-state index contributed by atoms with van der Waals surface area (Å²) in [5, 5.41) is 2.82. The van der Waals surface area contributed by atoms with Crippen molar-refractivity contribution in [1.82, 2.24) is 10.2 Å². The minimum absolute atomic E-state index is 0.0756. The Kier molecular flexibility index (Phi) is 7.10. The van der Waals surface area contributed by atoms with Crippen LogP contribution in [0.4, 0.5) is 4.79 Å². The average Bonchev–Trinajstić information content (AvgIpc) is 3.64. The van der Waals surface area contributed by atoms with E-state index < -0.39 is 11.7 Å². The zero-order valence-electron chi connectivity index (χ0n) is 18.7. The van der Waals surface area contributed by atoms with Gasteiger partial charge >= 0.3 is 6.09 Å². The molecule has 32 heavy (non-hydrogen) atoms. The molecule has 2 unspecified atom stereocenters. The highest BCUT2D eigenvalue weighted by molar-refractivity contribution is 5.83. The van der Waals surface area contributed by atoms with E-state index in [0.717, 1.165) is 18.4 Å². The largest absolute Gasteiger partial charge is 0.438 e. The lowest BCUT2D eigenvalue weighted by atomic mass is 9.84. The molecule has 1 N–H and O–H groups in total. The third kappa shape index (κ3) is 5.13. The van der Waals surface area contributed by atoms with Gasteiger partial charge in [0.15, 0.2) is 0 Å². The molecular weight excluding hydrogens is 404 g/mol. The Morgan fingerprint density at radius 1 is 1.03 bits per heavy atom. The summed E-state index contributed by atoms with van der Waals surface area (Å²) in [5.41, 5.74) is 1.51. The first-order valence-corrected chi connectivity index (χ1v) is 11.5. The fourth-order valence-corrected chi connectivity index (χ4v) is 4.67. The summed E-state index contributed by atoms with van der Waals surface area (Å²) in [6.45, 7) is 2.27. The smallest absolute Gasteiger partial charge is 0.408 e. The number of amides is 2. The lowest BCUT2D eigenvalue weighted by molar-refractivity contribution is -0.137. The quantitative estimate of drug-likeness (QED) is 0.634. The third-order valence-electron chi connectivity index (χ3n) is 6.60. The molecule has 0 aromatic heterocycles. The minimum atomic E-state index is -0.717. The molecule has 1 aliphatic carbocycles. The number of nitrogens with zero attached hydrogens (tertiary/aromatic N) is 1. The molecule has 2 fully saturated rings. The van der Waals surface area contributed by atoms with Crippen molar-refractivity contribution >= 4 is 12.0 Å². The van der Waals surface area contributed by atoms with Crippen LogP contribution in [0.15, 0.2) is 60.7 Å². The number of carbonyl (C=O) groups excluding carboxylic acids is 2. The fourth-order valence-electron chi connectivity index (χ4n) is 4.67. The summed E-state index contributed by atoms with van der Waals surface area (Å²) in [7, 11) is 1.64. The Balaban J connectivity index is 1.38. The lowest BCUT2D eigenvalue weighted by Crippen LogP contribution is -2.49. The molecule has 1 heterocycles. The topological polar surface area (TPSA) is 67.9 Å². The van der Waals surface area contributed by atoms with Crippen LogP contribution in [-0.2, 0) is 19.9 Å². The lowest BCUT2D eigenvalue weighted by Gasteiger charge is -2.41. The van der Waals surface area contributed by atoms with E-state index in [1.807, 2.05) is 53.4 Å². The van der Waals surface area contributed by atoms with Crippen LogP contribution in [0.1, 0.15) is 42.7 Å². The van der Waals surface area contributed by atoms with Crippen LogP contribution in [0.2, 0.25) is 0 Å². The molecule has 0 spiro atoms. The highest BCUT2D eigenvalue weighted by Gasteiger charge is 2.48. The molecule has 1 saturated heterocycles. The van der Waals surface area contributed by atoms with E-state index in [0.29, 0.717) is 45.0 Å². The molecule has 6 nitrogen and oxygen atoms in total. The maximum atomic E-state index is 13.1. The maximum Gasteiger partial charge on any atom is 0.408 e. The van der Waals surface area contributed by atoms with E-state index in [4.69, 9.17) is 9.47 Å². The number of piperidine rings is 1. The van der Waals surface area contributed by atoms with E-state index in [2.05, 4.69) is 17.4 Å². The average molecular weight is 437 g/mol. The molecule has 6 heteroatoms. The van der Waals surface area contributed by atoms with E-state index in [-0.39, 0.29) is 11.8 Å². The minimum Gasteiger partial charge on any atom is -0.438 e. The van der Waals surface area contributed by atoms with Crippen molar-refractivity contribution in [3.05, 3.63) is 71.8 Å². The molecule has 2 aromatic rings. The second-order valence-electron chi connectivity index (χ2n) is 8.71. The number of benzene rings is 2. The number of ether oxygens (including phenoxy) is 2. The Morgan fingerprint density at radius 2 is 1.69 bits per heavy atom. The highest BCUT2D eigenvalue weighted by atomic mass is 16.6. The first-order chi connectivity index (χ1) is 15.6. The predicted molar refractivity (Wildman–Crippen MR) is 122 cm³/mol. The molecule has 2 atom stereocenters. The van der Waals surface area contributed by atoms with Gasteiger partial charge in [-0.3, -0.25) is 4.79 Å². The van der Waals surface area contributed by atoms with Crippen LogP contribution in [0.3, 0.4) is 0 Å². The summed E-state index contributed by atoms with van der Waals surface area (Å²) >= 11 is 0. The van der Waals surface area contributed by atoms with Gasteiger partial charge in [0.1, 0.15) is 5.60 Å². The van der Waals surface area contributed by atoms with Gasteiger partial charge in [0.25, 0.3) is 0 Å². The standard InChI is InChI=1S/C26H32N2O4/c1-31-18-8-15-27-25(30)32-26(21-11-6-3-7-12-21)13-16-28(17-14-26)24(29)23-19-22(23)20-9-4-2-5-10-20/h2-7,9-12,22-23H,8,13-19H2,1H3,(H,27,30). The molecule has 2 aliphatic rings. The van der Waals surface area contributed by atoms with Crippen molar-refractivity contribution in [3.8, 4) is 0 Å². The number of alkyl carbamates (subject to hydrolysis) is 1. The normalized spacial score (nSPS) is 21.6. The number of rotatable bonds is 8. The van der Waals surface area contributed by atoms with Gasteiger partial charge in [-0.1, -0.05) is 60.7 Å². The Morgan fingerprint density at radius 3 is 2.34 bits per heavy atom. The van der Waals surface area contributed by atoms with Crippen molar-refractivity contribution in [2.24, 2.45) is 5.92 Å². The van der Waals surface area contributed by atoms with Gasteiger partial charge in [0.2, 0.25) is 5.91 Å². The Hall–Kier alpha value is -2.86. The van der Waals surface area contributed by atoms with Gasteiger partial charge in [0.05, 0.1) is 0 Å². The van der Waals surface area contributed by atoms with Gasteiger partial charge < -0.3 is 19.7 Å². The van der Waals surface area contributed by atoms with Crippen LogP contribution < -0.4 is 5.32 Å². The number of methoxy groups -OCH3 is 1. The molecule has 2 aromatic carbocycles. The molecule has 1 saturated carbocycles. The van der Waals surface area contributed by atoms with Gasteiger partial charge in [-0.2, -0.15) is 0 Å². The van der Waals surface area contributed by atoms with Gasteiger partial charge in [-0.15, -0.1) is 0 Å². The van der Waals surface area contributed by atoms with E-state index in [9.17, 15) is 9.59 Å². The van der Waals surface area contributed by atoms with E-state index >= 15 is 0 Å². The SMILES string of the molecule is COCCCNC(=O)OC1(c2ccccc2)CCN(C(=O)C2CC2c2ccccc2)CC1. The van der Waals surface area contributed by atoms with Crippen molar-refractivity contribution in [2.45, 2.75) is 37.2 Å². The van der Waals surface area contributed by atoms with Crippen LogP contribution in [0, 0.1) is 5.92 Å². The van der Waals surface area contributed by atoms with E-state index in [1.54, 1.807) is 7.11 Å². The number of hydrogen-bond acceptors (Lipinski definition) is 4. The van der Waals surface area contributed by atoms with Crippen molar-refractivity contribution < 1.29 is 19.1 Å². The Labute approximate surface area is 189 Å². The second-order valence-corrected chi connectivity index (χ2v) is 8.71. The summed E-state index contributed by atoms with van der Waals surface area (Å²) in [5.74, 6) is 0.634. The molecule has 0 radical (unpaired) electrons. The monoisotopic (exact) mass is 436 g/mol. The van der Waals surface area contributed by atoms with E-state index in [1.165, 1.54) is 5.56 Å². The zero-order valence-corrected chi connectivity index (χ0v) is 18.7. The van der Waals surface area contributed by atoms with Gasteiger partial charge in [0, 0.05) is 52.1 Å². The molecule has 0 bridgehead atoms. The summed E-state index contributed by atoms with van der Waals surface area (Å²) in [6.07, 6.45) is 2.42. The fraction of sp³-hybridized carbons (Fsp3) is 0.462. The molecule has 1 aliphatic heterocycles. The highest BCUT2D eigenvalue weighted by Crippen LogP contribution is 2.49. The second kappa shape index (κ2) is 10.2. The number of hydrogen-bond donors (Lipinski definition) is 1. The predicted octanol–water partition coefficient (Wildman–Crippen LogP) is 4.07. The summed E-state index contributed by atoms with van der Waals surface area (Å²) in [4.78, 5) is 27.6. The molecule has 4 rings (SSSR count). The first kappa shape index (κ1) is 22.3. The van der Waals surface area contributed by atoms with Crippen LogP contribution >= 0.6 is 0 Å². The number of likely N-dealkylation sites (tertiary alicyclic amines) is 1. The maximum absolute atomic E-state index is 13.1. The van der Waals surface area contributed by atoms with Crippen molar-refractivity contribution in [3.63, 3.8) is 0 Å². The first-order valence-electron chi connectivity index (χ1n) is 11.5. The van der Waals surface area contributed by atoms with Crippen molar-refractivity contribution in [2.75, 3.05) is 33.4 Å². The van der Waals surface area contributed by atoms with Crippen LogP contribution in [0.5, 0.6) is 0 Å². The zero-order chi connectivity index (χ0) is 22.4. The summed E-state index contributed by atoms with van der Waals surface area (Å²) < 4.78 is 11.0. The number of nitrogens with one attached hydrogen (secondary N) is 1. The Bertz CT molecular complexity index is 895. The molecule has 2 amide bonds. The van der Waals surface area contributed by atoms with Crippen LogP contribution in [-0.4, -0.2) is 50.3 Å². The number of carbonyl (C=O) groups is 2. The van der Waals surface area contributed by atoms with Gasteiger partial charge in [-0.25, -0.2) is 4.79 Å². The summed E-state index contributed by atoms with van der Waals surface area (Å²) in [6, 6.07) is 20.2.